The highest BCUT2D eigenvalue weighted by Gasteiger charge is 1.87. The highest BCUT2D eigenvalue weighted by molar-refractivity contribution is 4.89. The van der Waals surface area contributed by atoms with Crippen molar-refractivity contribution in [2.24, 2.45) is 0 Å². The summed E-state index contributed by atoms with van der Waals surface area (Å²) < 4.78 is 0. The first-order chi connectivity index (χ1) is 3.50. The van der Waals surface area contributed by atoms with E-state index >= 15 is 0 Å². The number of hydrogen-bond donors (Lipinski definition) is 1. The van der Waals surface area contributed by atoms with Crippen LogP contribution in [0.4, 0.5) is 0 Å². The maximum absolute atomic E-state index is 3.14. The number of allylic oxidation sites excluding steroid dienone is 1. The molecule has 0 saturated carbocycles. The molecule has 1 aliphatic heterocycles. The lowest BCUT2D eigenvalue weighted by atomic mass is 10.2. The van der Waals surface area contributed by atoms with Gasteiger partial charge in [-0.15, -0.1) is 0 Å². The van der Waals surface area contributed by atoms with Crippen molar-refractivity contribution in [3.63, 3.8) is 0 Å². The van der Waals surface area contributed by atoms with Crippen molar-refractivity contribution in [3.05, 3.63) is 18.7 Å². The molecular weight excluding hydrogens is 86.1 g/mol. The van der Waals surface area contributed by atoms with Crippen LogP contribution in [0.25, 0.3) is 0 Å². The maximum atomic E-state index is 3.14. The molecule has 0 bridgehead atoms. The summed E-state index contributed by atoms with van der Waals surface area (Å²) >= 11 is 0. The Labute approximate surface area is 44.4 Å². The maximum Gasteiger partial charge on any atom is 0.0144 e. The molecule has 0 aromatic carbocycles. The number of hydrogen-bond acceptors (Lipinski definition) is 1. The van der Waals surface area contributed by atoms with Gasteiger partial charge in [-0.3, -0.25) is 0 Å². The SMILES string of the molecule is [CH]1CC=CNCC1. The molecule has 1 nitrogen and oxygen atoms in total. The summed E-state index contributed by atoms with van der Waals surface area (Å²) in [5, 5.41) is 3.14. The fourth-order valence-corrected chi connectivity index (χ4v) is 0.634. The van der Waals surface area contributed by atoms with Crippen LogP contribution in [0.3, 0.4) is 0 Å². The zero-order valence-electron chi connectivity index (χ0n) is 4.35. The van der Waals surface area contributed by atoms with Crippen LogP contribution in [0.1, 0.15) is 12.8 Å². The third-order valence-corrected chi connectivity index (χ3v) is 1.03. The first-order valence-electron chi connectivity index (χ1n) is 2.70. The van der Waals surface area contributed by atoms with E-state index in [1.54, 1.807) is 0 Å². The van der Waals surface area contributed by atoms with E-state index in [1.165, 1.54) is 6.42 Å². The van der Waals surface area contributed by atoms with Gasteiger partial charge in [0.05, 0.1) is 0 Å². The van der Waals surface area contributed by atoms with Crippen LogP contribution in [0.5, 0.6) is 0 Å². The van der Waals surface area contributed by atoms with Gasteiger partial charge >= 0.3 is 0 Å². The smallest absolute Gasteiger partial charge is 0.0144 e. The molecule has 1 radical (unpaired) electrons. The van der Waals surface area contributed by atoms with Crippen LogP contribution in [0.15, 0.2) is 12.3 Å². The molecule has 0 aromatic rings. The predicted molar refractivity (Wildman–Crippen MR) is 30.7 cm³/mol. The van der Waals surface area contributed by atoms with Crippen molar-refractivity contribution in [1.82, 2.24) is 5.32 Å². The van der Waals surface area contributed by atoms with E-state index in [-0.39, 0.29) is 0 Å². The average molecular weight is 96.2 g/mol. The van der Waals surface area contributed by atoms with Crippen LogP contribution in [0, 0.1) is 6.42 Å². The van der Waals surface area contributed by atoms with Crippen LogP contribution < -0.4 is 5.32 Å². The standard InChI is InChI=1S/C6H10N/c1-2-4-6-7-5-3-1/h1,4,6-7H,2-3,5H2. The molecule has 1 heterocycles. The minimum atomic E-state index is 1.11. The second-order valence-corrected chi connectivity index (χ2v) is 1.67. The molecule has 0 unspecified atom stereocenters. The van der Waals surface area contributed by atoms with Crippen LogP contribution in [-0.2, 0) is 0 Å². The van der Waals surface area contributed by atoms with Gasteiger partial charge in [-0.05, 0) is 25.5 Å². The fourth-order valence-electron chi connectivity index (χ4n) is 0.634. The fraction of sp³-hybridized carbons (Fsp3) is 0.500. The molecule has 0 saturated heterocycles. The van der Waals surface area contributed by atoms with E-state index in [1.807, 2.05) is 6.20 Å². The summed E-state index contributed by atoms with van der Waals surface area (Å²) in [6.45, 7) is 1.11. The Morgan fingerprint density at radius 3 is 3.43 bits per heavy atom. The van der Waals surface area contributed by atoms with Crippen LogP contribution >= 0.6 is 0 Å². The molecule has 39 valence electrons. The zero-order valence-corrected chi connectivity index (χ0v) is 4.35. The molecule has 0 spiro atoms. The molecule has 1 aliphatic rings. The van der Waals surface area contributed by atoms with Gasteiger partial charge in [0.2, 0.25) is 0 Å². The average Bonchev–Trinajstić information content (AvgIpc) is 1.90. The lowest BCUT2D eigenvalue weighted by molar-refractivity contribution is 0.831. The summed E-state index contributed by atoms with van der Waals surface area (Å²) in [5.74, 6) is 0. The van der Waals surface area contributed by atoms with Crippen molar-refractivity contribution in [3.8, 4) is 0 Å². The molecule has 1 heteroatoms. The van der Waals surface area contributed by atoms with Crippen molar-refractivity contribution in [2.75, 3.05) is 6.54 Å². The third-order valence-electron chi connectivity index (χ3n) is 1.03. The van der Waals surface area contributed by atoms with Gasteiger partial charge in [-0.25, -0.2) is 0 Å². The largest absolute Gasteiger partial charge is 0.391 e. The number of rotatable bonds is 0. The second-order valence-electron chi connectivity index (χ2n) is 1.67. The number of nitrogens with one attached hydrogen (secondary N) is 1. The minimum Gasteiger partial charge on any atom is -0.391 e. The van der Waals surface area contributed by atoms with E-state index in [9.17, 15) is 0 Å². The van der Waals surface area contributed by atoms with Gasteiger partial charge in [0.1, 0.15) is 0 Å². The van der Waals surface area contributed by atoms with Gasteiger partial charge in [0, 0.05) is 6.54 Å². The lowest BCUT2D eigenvalue weighted by Gasteiger charge is -1.90. The van der Waals surface area contributed by atoms with Crippen molar-refractivity contribution < 1.29 is 0 Å². The predicted octanol–water partition coefficient (Wildman–Crippen LogP) is 1.09. The van der Waals surface area contributed by atoms with Crippen LogP contribution in [0.2, 0.25) is 0 Å². The Morgan fingerprint density at radius 1 is 1.43 bits per heavy atom. The summed E-state index contributed by atoms with van der Waals surface area (Å²) in [6, 6.07) is 0. The van der Waals surface area contributed by atoms with E-state index in [4.69, 9.17) is 0 Å². The summed E-state index contributed by atoms with van der Waals surface area (Å²) in [4.78, 5) is 0. The molecule has 0 aromatic heterocycles. The molecule has 0 atom stereocenters. The van der Waals surface area contributed by atoms with E-state index < -0.39 is 0 Å². The van der Waals surface area contributed by atoms with Gasteiger partial charge in [0.25, 0.3) is 0 Å². The highest BCUT2D eigenvalue weighted by atomic mass is 14.8. The Hall–Kier alpha value is -0.460. The third kappa shape index (κ3) is 1.62. The summed E-state index contributed by atoms with van der Waals surface area (Å²) in [6.07, 6.45) is 8.76. The normalized spacial score (nSPS) is 20.6. The minimum absolute atomic E-state index is 1.11. The Morgan fingerprint density at radius 2 is 2.43 bits per heavy atom. The van der Waals surface area contributed by atoms with Gasteiger partial charge < -0.3 is 5.32 Å². The topological polar surface area (TPSA) is 12.0 Å². The second kappa shape index (κ2) is 2.67. The first kappa shape index (κ1) is 4.69. The van der Waals surface area contributed by atoms with E-state index in [0.29, 0.717) is 0 Å². The van der Waals surface area contributed by atoms with E-state index in [2.05, 4.69) is 17.8 Å². The van der Waals surface area contributed by atoms with Crippen molar-refractivity contribution in [1.29, 1.82) is 0 Å². The van der Waals surface area contributed by atoms with E-state index in [0.717, 1.165) is 13.0 Å². The molecular formula is C6H10N. The van der Waals surface area contributed by atoms with Gasteiger partial charge in [-0.2, -0.15) is 0 Å². The summed E-state index contributed by atoms with van der Waals surface area (Å²) in [5.41, 5.74) is 0. The van der Waals surface area contributed by atoms with Crippen LogP contribution in [-0.4, -0.2) is 6.54 Å². The Bertz CT molecular complexity index is 58.6. The molecule has 7 heavy (non-hydrogen) atoms. The molecule has 0 aliphatic carbocycles. The quantitative estimate of drug-likeness (QED) is 0.476. The highest BCUT2D eigenvalue weighted by Crippen LogP contribution is 1.95. The molecule has 1 rings (SSSR count). The Kier molecular flexibility index (Phi) is 1.79. The molecule has 0 amide bonds. The molecule has 1 N–H and O–H groups in total. The molecule has 0 fully saturated rings. The monoisotopic (exact) mass is 96.1 g/mol. The lowest BCUT2D eigenvalue weighted by Crippen LogP contribution is -2.03. The van der Waals surface area contributed by atoms with Crippen molar-refractivity contribution in [2.45, 2.75) is 12.8 Å². The zero-order chi connectivity index (χ0) is 4.95. The van der Waals surface area contributed by atoms with Gasteiger partial charge in [-0.1, -0.05) is 6.08 Å². The Balaban J connectivity index is 2.20. The van der Waals surface area contributed by atoms with Gasteiger partial charge in [0.15, 0.2) is 0 Å². The first-order valence-corrected chi connectivity index (χ1v) is 2.70. The summed E-state index contributed by atoms with van der Waals surface area (Å²) in [7, 11) is 0. The van der Waals surface area contributed by atoms with Crippen molar-refractivity contribution >= 4 is 0 Å².